The van der Waals surface area contributed by atoms with E-state index in [1.807, 2.05) is 31.2 Å². The molecule has 0 atom stereocenters. The zero-order valence-corrected chi connectivity index (χ0v) is 14.4. The number of aryl methyl sites for hydroxylation is 1. The van der Waals surface area contributed by atoms with Crippen molar-refractivity contribution in [2.24, 2.45) is 0 Å². The third-order valence-corrected chi connectivity index (χ3v) is 4.65. The second-order valence-electron chi connectivity index (χ2n) is 5.58. The summed E-state index contributed by atoms with van der Waals surface area (Å²) in [4.78, 5) is 16.2. The van der Waals surface area contributed by atoms with Crippen LogP contribution in [0.15, 0.2) is 53.7 Å². The third kappa shape index (κ3) is 4.17. The van der Waals surface area contributed by atoms with Crippen molar-refractivity contribution in [2.75, 3.05) is 5.75 Å². The molecule has 0 fully saturated rings. The molecule has 3 rings (SSSR count). The number of fused-ring (bicyclic) bond motifs is 1. The second-order valence-corrected chi connectivity index (χ2v) is 6.52. The van der Waals surface area contributed by atoms with E-state index in [0.29, 0.717) is 17.6 Å². The largest absolute Gasteiger partial charge is 0.351 e. The first-order chi connectivity index (χ1) is 12.0. The maximum Gasteiger partial charge on any atom is 0.321 e. The van der Waals surface area contributed by atoms with Gasteiger partial charge in [0.15, 0.2) is 5.16 Å². The average molecular weight is 361 g/mol. The molecule has 1 amide bonds. The van der Waals surface area contributed by atoms with Gasteiger partial charge in [0.1, 0.15) is 0 Å². The summed E-state index contributed by atoms with van der Waals surface area (Å²) in [5.74, 6) is -0.194. The van der Waals surface area contributed by atoms with Crippen LogP contribution in [0.2, 0.25) is 0 Å². The van der Waals surface area contributed by atoms with Crippen molar-refractivity contribution in [3.8, 4) is 0 Å². The summed E-state index contributed by atoms with van der Waals surface area (Å²) in [6, 6.07) is 14.5. The summed E-state index contributed by atoms with van der Waals surface area (Å²) in [5.41, 5.74) is 2.99. The Morgan fingerprint density at radius 3 is 2.64 bits per heavy atom. The zero-order chi connectivity index (χ0) is 17.8. The van der Waals surface area contributed by atoms with Crippen LogP contribution in [0.4, 0.5) is 8.78 Å². The Hall–Kier alpha value is -2.41. The van der Waals surface area contributed by atoms with Crippen molar-refractivity contribution in [1.29, 1.82) is 0 Å². The fraction of sp³-hybridized carbons (Fsp3) is 0.222. The van der Waals surface area contributed by atoms with Gasteiger partial charge < -0.3 is 5.32 Å². The highest BCUT2D eigenvalue weighted by Crippen LogP contribution is 2.28. The summed E-state index contributed by atoms with van der Waals surface area (Å²) >= 11 is 1.01. The fourth-order valence-electron chi connectivity index (χ4n) is 2.40. The number of carbonyl (C=O) groups is 1. The lowest BCUT2D eigenvalue weighted by atomic mass is 10.1. The molecule has 3 aromatic rings. The first-order valence-corrected chi connectivity index (χ1v) is 8.73. The van der Waals surface area contributed by atoms with Gasteiger partial charge in [-0.15, -0.1) is 0 Å². The van der Waals surface area contributed by atoms with Gasteiger partial charge in [-0.05, 0) is 24.6 Å². The Balaban J connectivity index is 1.63. The van der Waals surface area contributed by atoms with E-state index in [1.165, 1.54) is 0 Å². The molecule has 4 nitrogen and oxygen atoms in total. The van der Waals surface area contributed by atoms with Crippen molar-refractivity contribution in [2.45, 2.75) is 25.2 Å². The molecular weight excluding hydrogens is 344 g/mol. The highest BCUT2D eigenvalue weighted by atomic mass is 32.2. The molecule has 0 radical (unpaired) electrons. The Morgan fingerprint density at radius 1 is 1.20 bits per heavy atom. The number of thioether (sulfide) groups is 1. The molecule has 7 heteroatoms. The maximum atomic E-state index is 13.3. The minimum absolute atomic E-state index is 0.0297. The lowest BCUT2D eigenvalue weighted by Crippen LogP contribution is -2.24. The minimum atomic E-state index is -2.70. The van der Waals surface area contributed by atoms with Crippen LogP contribution in [0.5, 0.6) is 0 Å². The van der Waals surface area contributed by atoms with Crippen molar-refractivity contribution in [1.82, 2.24) is 14.9 Å². The monoisotopic (exact) mass is 361 g/mol. The topological polar surface area (TPSA) is 46.9 Å². The van der Waals surface area contributed by atoms with E-state index in [9.17, 15) is 13.6 Å². The predicted octanol–water partition coefficient (Wildman–Crippen LogP) is 4.15. The Kier molecular flexibility index (Phi) is 5.33. The van der Waals surface area contributed by atoms with Gasteiger partial charge in [0.05, 0.1) is 16.8 Å². The van der Waals surface area contributed by atoms with Crippen LogP contribution in [-0.4, -0.2) is 21.2 Å². The number of hydrogen-bond donors (Lipinski definition) is 1. The lowest BCUT2D eigenvalue weighted by Gasteiger charge is -2.08. The number of rotatable bonds is 6. The van der Waals surface area contributed by atoms with E-state index in [4.69, 9.17) is 0 Å². The smallest absolute Gasteiger partial charge is 0.321 e. The summed E-state index contributed by atoms with van der Waals surface area (Å²) < 4.78 is 27.5. The molecule has 25 heavy (non-hydrogen) atoms. The van der Waals surface area contributed by atoms with Gasteiger partial charge in [-0.2, -0.15) is 8.78 Å². The number of nitrogens with one attached hydrogen (secondary N) is 1. The predicted molar refractivity (Wildman–Crippen MR) is 94.7 cm³/mol. The molecule has 1 aromatic heterocycles. The first-order valence-electron chi connectivity index (χ1n) is 7.75. The average Bonchev–Trinajstić information content (AvgIpc) is 2.98. The number of hydrogen-bond acceptors (Lipinski definition) is 3. The van der Waals surface area contributed by atoms with Crippen LogP contribution in [-0.2, 0) is 11.3 Å². The highest BCUT2D eigenvalue weighted by Gasteiger charge is 2.18. The fourth-order valence-corrected chi connectivity index (χ4v) is 3.24. The Morgan fingerprint density at radius 2 is 1.92 bits per heavy atom. The molecule has 1 N–H and O–H groups in total. The number of halogens is 2. The van der Waals surface area contributed by atoms with E-state index in [0.717, 1.165) is 27.5 Å². The molecule has 0 aliphatic carbocycles. The minimum Gasteiger partial charge on any atom is -0.351 e. The van der Waals surface area contributed by atoms with E-state index >= 15 is 0 Å². The molecule has 0 aliphatic rings. The molecule has 130 valence electrons. The van der Waals surface area contributed by atoms with Gasteiger partial charge in [-0.1, -0.05) is 53.7 Å². The van der Waals surface area contributed by atoms with E-state index in [-0.39, 0.29) is 16.8 Å². The number of para-hydroxylation sites is 2. The van der Waals surface area contributed by atoms with Crippen molar-refractivity contribution < 1.29 is 13.6 Å². The standard InChI is InChI=1S/C18H17F2N3OS/c1-12-6-8-13(9-7-12)10-21-16(24)11-25-18-22-14-4-2-3-5-15(14)23(18)17(19)20/h2-9,17H,10-11H2,1H3,(H,21,24). The molecule has 0 spiro atoms. The van der Waals surface area contributed by atoms with Crippen LogP contribution in [0.25, 0.3) is 11.0 Å². The van der Waals surface area contributed by atoms with Crippen molar-refractivity contribution >= 4 is 28.7 Å². The SMILES string of the molecule is Cc1ccc(CNC(=O)CSc2nc3ccccc3n2C(F)F)cc1. The summed E-state index contributed by atoms with van der Waals surface area (Å²) in [6.07, 6.45) is 0. The molecular formula is C18H17F2N3OS. The van der Waals surface area contributed by atoms with Gasteiger partial charge in [-0.25, -0.2) is 4.98 Å². The van der Waals surface area contributed by atoms with Gasteiger partial charge in [-0.3, -0.25) is 9.36 Å². The molecule has 0 saturated carbocycles. The number of nitrogens with zero attached hydrogens (tertiary/aromatic N) is 2. The van der Waals surface area contributed by atoms with Crippen LogP contribution in [0, 0.1) is 6.92 Å². The van der Waals surface area contributed by atoms with Crippen LogP contribution >= 0.6 is 11.8 Å². The number of alkyl halides is 2. The van der Waals surface area contributed by atoms with Gasteiger partial charge in [0.2, 0.25) is 5.91 Å². The zero-order valence-electron chi connectivity index (χ0n) is 13.6. The normalized spacial score (nSPS) is 11.2. The first kappa shape index (κ1) is 17.4. The van der Waals surface area contributed by atoms with Gasteiger partial charge in [0.25, 0.3) is 0 Å². The van der Waals surface area contributed by atoms with Crippen LogP contribution < -0.4 is 5.32 Å². The van der Waals surface area contributed by atoms with Gasteiger partial charge in [0, 0.05) is 6.54 Å². The molecule has 0 bridgehead atoms. The third-order valence-electron chi connectivity index (χ3n) is 3.70. The maximum absolute atomic E-state index is 13.3. The lowest BCUT2D eigenvalue weighted by molar-refractivity contribution is -0.118. The molecule has 0 unspecified atom stereocenters. The summed E-state index contributed by atoms with van der Waals surface area (Å²) in [5, 5.41) is 2.93. The molecule has 0 saturated heterocycles. The number of imidazole rings is 1. The Labute approximate surface area is 148 Å². The number of benzene rings is 2. The van der Waals surface area contributed by atoms with E-state index in [2.05, 4.69) is 10.3 Å². The van der Waals surface area contributed by atoms with Gasteiger partial charge >= 0.3 is 6.55 Å². The van der Waals surface area contributed by atoms with E-state index in [1.54, 1.807) is 24.3 Å². The molecule has 0 aliphatic heterocycles. The van der Waals surface area contributed by atoms with Crippen LogP contribution in [0.1, 0.15) is 17.7 Å². The summed E-state index contributed by atoms with van der Waals surface area (Å²) in [7, 11) is 0. The second kappa shape index (κ2) is 7.65. The molecule has 2 aromatic carbocycles. The number of carbonyl (C=O) groups excluding carboxylic acids is 1. The quantitative estimate of drug-likeness (QED) is 0.671. The van der Waals surface area contributed by atoms with Crippen molar-refractivity contribution in [3.63, 3.8) is 0 Å². The summed E-state index contributed by atoms with van der Waals surface area (Å²) in [6.45, 7) is -0.301. The molecule has 1 heterocycles. The van der Waals surface area contributed by atoms with Crippen LogP contribution in [0.3, 0.4) is 0 Å². The Bertz CT molecular complexity index is 878. The van der Waals surface area contributed by atoms with E-state index < -0.39 is 6.55 Å². The number of aromatic nitrogens is 2. The number of amides is 1. The highest BCUT2D eigenvalue weighted by molar-refractivity contribution is 7.99. The van der Waals surface area contributed by atoms with Crippen molar-refractivity contribution in [3.05, 3.63) is 59.7 Å².